The lowest BCUT2D eigenvalue weighted by Crippen LogP contribution is -2.68. The Kier molecular flexibility index (Phi) is 10.9. The first-order valence-corrected chi connectivity index (χ1v) is 24.6. The van der Waals surface area contributed by atoms with Gasteiger partial charge in [-0.3, -0.25) is 4.79 Å². The summed E-state index contributed by atoms with van der Waals surface area (Å²) in [5, 5.41) is 24.2. The number of carboxylic acid groups (broad SMARTS) is 1. The fourth-order valence-electron chi connectivity index (χ4n) is 15.4. The van der Waals surface area contributed by atoms with Crippen LogP contribution in [0.1, 0.15) is 124 Å². The van der Waals surface area contributed by atoms with E-state index in [1.807, 2.05) is 0 Å². The normalized spacial score (nSPS) is 41.1. The Morgan fingerprint density at radius 2 is 1.76 bits per heavy atom. The Morgan fingerprint density at radius 1 is 1.00 bits per heavy atom. The molecule has 2 heterocycles. The minimum absolute atomic E-state index is 0.0149. The van der Waals surface area contributed by atoms with Gasteiger partial charge < -0.3 is 20.1 Å². The number of hydrogen-bond acceptors (Lipinski definition) is 8. The Morgan fingerprint density at radius 3 is 2.44 bits per heavy atom. The predicted octanol–water partition coefficient (Wildman–Crippen LogP) is 8.78. The molecule has 0 radical (unpaired) electrons. The molecule has 1 saturated heterocycles. The van der Waals surface area contributed by atoms with Crippen molar-refractivity contribution in [3.05, 3.63) is 59.3 Å². The van der Waals surface area contributed by atoms with Crippen molar-refractivity contribution in [1.29, 1.82) is 5.26 Å². The number of hydrogen-bond donors (Lipinski definition) is 2. The Balaban J connectivity index is 1.01. The van der Waals surface area contributed by atoms with Gasteiger partial charge in [0.2, 0.25) is 5.88 Å². The average molecular weight is 827 g/mol. The molecule has 0 amide bonds. The van der Waals surface area contributed by atoms with E-state index < -0.39 is 21.2 Å². The van der Waals surface area contributed by atoms with Gasteiger partial charge in [0.1, 0.15) is 23.7 Å². The number of carboxylic acids is 1. The Bertz CT molecular complexity index is 2060. The van der Waals surface area contributed by atoms with Crippen molar-refractivity contribution >= 4 is 15.8 Å². The lowest BCUT2D eigenvalue weighted by atomic mass is 9.33. The van der Waals surface area contributed by atoms with Crippen molar-refractivity contribution in [3.63, 3.8) is 0 Å². The first-order valence-electron chi connectivity index (χ1n) is 22.8. The highest BCUT2D eigenvalue weighted by molar-refractivity contribution is 7.91. The van der Waals surface area contributed by atoms with Crippen molar-refractivity contribution in [3.8, 4) is 11.9 Å². The minimum atomic E-state index is -2.88. The zero-order chi connectivity index (χ0) is 42.2. The molecule has 5 fully saturated rings. The number of fused-ring (bicyclic) bond motifs is 7. The highest BCUT2D eigenvalue weighted by Crippen LogP contribution is 2.76. The lowest BCUT2D eigenvalue weighted by molar-refractivity contribution is -0.221. The second kappa shape index (κ2) is 15.1. The van der Waals surface area contributed by atoms with E-state index in [1.165, 1.54) is 68.1 Å². The van der Waals surface area contributed by atoms with Crippen LogP contribution < -0.4 is 10.1 Å². The molecule has 1 aliphatic heterocycles. The summed E-state index contributed by atoms with van der Waals surface area (Å²) in [5.74, 6) is 2.85. The van der Waals surface area contributed by atoms with Gasteiger partial charge in [0, 0.05) is 37.9 Å². The van der Waals surface area contributed by atoms with E-state index in [9.17, 15) is 23.6 Å². The molecule has 1 aromatic heterocycles. The van der Waals surface area contributed by atoms with E-state index in [0.29, 0.717) is 67.5 Å². The second-order valence-corrected chi connectivity index (χ2v) is 23.9. The third kappa shape index (κ3) is 6.87. The summed E-state index contributed by atoms with van der Waals surface area (Å²) < 4.78 is 30.1. The van der Waals surface area contributed by atoms with Gasteiger partial charge in [0.05, 0.1) is 11.5 Å². The summed E-state index contributed by atoms with van der Waals surface area (Å²) >= 11 is 0. The largest absolute Gasteiger partial charge is 0.481 e. The van der Waals surface area contributed by atoms with E-state index >= 15 is 0 Å². The summed E-state index contributed by atoms with van der Waals surface area (Å²) in [4.78, 5) is 19.4. The van der Waals surface area contributed by atoms with E-state index in [2.05, 4.69) is 81.5 Å². The number of nitrogens with one attached hydrogen (secondary N) is 1. The van der Waals surface area contributed by atoms with Gasteiger partial charge in [-0.05, 0) is 159 Å². The van der Waals surface area contributed by atoms with Crippen molar-refractivity contribution < 1.29 is 23.1 Å². The number of carbonyl (C=O) groups is 1. The van der Waals surface area contributed by atoms with Crippen LogP contribution in [0.2, 0.25) is 0 Å². The van der Waals surface area contributed by atoms with Gasteiger partial charge >= 0.3 is 5.97 Å². The molecule has 7 aliphatic rings. The molecule has 0 spiro atoms. The maximum Gasteiger partial charge on any atom is 0.313 e. The minimum Gasteiger partial charge on any atom is -0.481 e. The molecule has 0 aromatic carbocycles. The number of nitrogens with zero attached hydrogens (tertiary/aromatic N) is 3. The highest BCUT2D eigenvalue weighted by Gasteiger charge is 2.70. The van der Waals surface area contributed by atoms with E-state index in [0.717, 1.165) is 19.5 Å². The smallest absolute Gasteiger partial charge is 0.313 e. The molecule has 10 atom stereocenters. The molecule has 6 aliphatic carbocycles. The Labute approximate surface area is 354 Å². The summed E-state index contributed by atoms with van der Waals surface area (Å²) in [7, 11) is -2.88. The van der Waals surface area contributed by atoms with Crippen molar-refractivity contribution in [2.75, 3.05) is 44.3 Å². The standard InChI is InChI=1S/C49H70N4O5S/c1-33(2)36-14-21-49(52-25-26-53-27-29-59(56,57)30-28-53)23-22-46(6)38(41(36)49)10-11-40-45(5)17-15-37(44(3,4)39(45)16-18-47(40,46)7)34-12-19-48(20-13-34,43(54)55)32-58-42-35(31-50)9-8-24-51-42/h8-9,12,15,24,36,38-41,52H,1,10-11,13-14,16-23,25-30,32H2,2-7H3,(H,54,55)/t36-,38+,39-,40+,41+,45-,46+,47+,48-,49-/m0/s1. The van der Waals surface area contributed by atoms with E-state index in [4.69, 9.17) is 4.74 Å². The van der Waals surface area contributed by atoms with Crippen LogP contribution in [0.5, 0.6) is 5.88 Å². The number of aromatic nitrogens is 1. The molecule has 0 bridgehead atoms. The lowest BCUT2D eigenvalue weighted by Gasteiger charge is -2.72. The fourth-order valence-corrected chi connectivity index (χ4v) is 16.6. The molecule has 2 N–H and O–H groups in total. The van der Waals surface area contributed by atoms with Crippen molar-refractivity contribution in [2.24, 2.45) is 56.7 Å². The van der Waals surface area contributed by atoms with E-state index in [1.54, 1.807) is 18.3 Å². The fraction of sp³-hybridized carbons (Fsp3) is 0.735. The number of allylic oxidation sites excluding steroid dienone is 5. The SMILES string of the molecule is C=C(C)[C@@H]1CC[C@]2(NCCN3CCS(=O)(=O)CC3)CC[C@]3(C)[C@H](CC[C@@H]4[C@@]5(C)CC=C(C6=CC[C@](COc7ncccc7C#N)(C(=O)O)CC6)C(C)(C)[C@@H]5CC[C@]43C)[C@@H]12. The van der Waals surface area contributed by atoms with Gasteiger partial charge in [-0.1, -0.05) is 58.9 Å². The zero-order valence-corrected chi connectivity index (χ0v) is 37.6. The number of pyridine rings is 1. The van der Waals surface area contributed by atoms with Crippen LogP contribution in [-0.2, 0) is 14.6 Å². The van der Waals surface area contributed by atoms with Gasteiger partial charge in [-0.2, -0.15) is 5.26 Å². The average Bonchev–Trinajstić information content (AvgIpc) is 3.58. The molecule has 9 nitrogen and oxygen atoms in total. The third-order valence-electron chi connectivity index (χ3n) is 18.8. The maximum absolute atomic E-state index is 12.8. The number of rotatable bonds is 10. The van der Waals surface area contributed by atoms with Crippen LogP contribution in [0.4, 0.5) is 0 Å². The summed E-state index contributed by atoms with van der Waals surface area (Å²) in [6, 6.07) is 5.43. The molecule has 4 saturated carbocycles. The first kappa shape index (κ1) is 42.7. The summed E-state index contributed by atoms with van der Waals surface area (Å²) in [5.41, 5.74) is 4.09. The van der Waals surface area contributed by atoms with Gasteiger partial charge in [0.15, 0.2) is 9.84 Å². The first-order chi connectivity index (χ1) is 27.8. The van der Waals surface area contributed by atoms with Crippen LogP contribution in [0.15, 0.2) is 53.8 Å². The predicted molar refractivity (Wildman–Crippen MR) is 232 cm³/mol. The highest BCUT2D eigenvalue weighted by atomic mass is 32.2. The maximum atomic E-state index is 12.8. The van der Waals surface area contributed by atoms with Gasteiger partial charge in [-0.25, -0.2) is 13.4 Å². The molecule has 10 heteroatoms. The zero-order valence-electron chi connectivity index (χ0n) is 36.7. The van der Waals surface area contributed by atoms with Gasteiger partial charge in [-0.15, -0.1) is 0 Å². The molecule has 1 aromatic rings. The van der Waals surface area contributed by atoms with Crippen LogP contribution in [0, 0.1) is 68.0 Å². The van der Waals surface area contributed by atoms with E-state index in [-0.39, 0.29) is 51.2 Å². The summed E-state index contributed by atoms with van der Waals surface area (Å²) in [6.45, 7) is 23.0. The van der Waals surface area contributed by atoms with Crippen LogP contribution in [-0.4, -0.2) is 79.2 Å². The molecular formula is C49H70N4O5S. The van der Waals surface area contributed by atoms with Crippen LogP contribution >= 0.6 is 0 Å². The second-order valence-electron chi connectivity index (χ2n) is 21.6. The van der Waals surface area contributed by atoms with Crippen LogP contribution in [0.3, 0.4) is 0 Å². The number of aliphatic carboxylic acids is 1. The molecule has 322 valence electrons. The number of sulfone groups is 1. The summed E-state index contributed by atoms with van der Waals surface area (Å²) in [6.07, 6.45) is 18.9. The number of ether oxygens (including phenoxy) is 1. The molecular weight excluding hydrogens is 757 g/mol. The Hall–Kier alpha value is -3.00. The monoisotopic (exact) mass is 827 g/mol. The molecule has 0 unspecified atom stereocenters. The quantitative estimate of drug-likeness (QED) is 0.222. The number of nitriles is 1. The van der Waals surface area contributed by atoms with Gasteiger partial charge in [0.25, 0.3) is 0 Å². The third-order valence-corrected chi connectivity index (χ3v) is 20.4. The van der Waals surface area contributed by atoms with Crippen molar-refractivity contribution in [2.45, 2.75) is 124 Å². The molecule has 8 rings (SSSR count). The van der Waals surface area contributed by atoms with Crippen molar-refractivity contribution in [1.82, 2.24) is 15.2 Å². The molecule has 59 heavy (non-hydrogen) atoms. The van der Waals surface area contributed by atoms with Crippen LogP contribution in [0.25, 0.3) is 0 Å². The topological polar surface area (TPSA) is 133 Å².